The van der Waals surface area contributed by atoms with Crippen LogP contribution in [0.1, 0.15) is 30.6 Å². The Bertz CT molecular complexity index is 289. The number of thiophene rings is 1. The minimum absolute atomic E-state index is 0.457. The van der Waals surface area contributed by atoms with E-state index in [4.69, 9.17) is 17.3 Å². The molecule has 0 saturated heterocycles. The van der Waals surface area contributed by atoms with Gasteiger partial charge in [0.2, 0.25) is 0 Å². The smallest absolute Gasteiger partial charge is 0.0931 e. The van der Waals surface area contributed by atoms with Crippen LogP contribution in [0.15, 0.2) is 12.1 Å². The Labute approximate surface area is 94.3 Å². The van der Waals surface area contributed by atoms with Crippen molar-refractivity contribution in [3.63, 3.8) is 0 Å². The van der Waals surface area contributed by atoms with E-state index < -0.39 is 0 Å². The minimum Gasteiger partial charge on any atom is -0.328 e. The predicted octanol–water partition coefficient (Wildman–Crippen LogP) is 3.46. The standard InChI is InChI=1S/C11H16ClNS/c12-11-6-5-10(14-11)7-8-1-3-9(13)4-2-8/h5-6,8-9H,1-4,7,13H2. The number of hydrogen-bond acceptors (Lipinski definition) is 2. The lowest BCUT2D eigenvalue weighted by molar-refractivity contribution is 0.326. The number of hydrogen-bond donors (Lipinski definition) is 1. The summed E-state index contributed by atoms with van der Waals surface area (Å²) < 4.78 is 0.910. The molecule has 1 aliphatic rings. The van der Waals surface area contributed by atoms with Crippen molar-refractivity contribution in [2.24, 2.45) is 11.7 Å². The molecule has 78 valence electrons. The van der Waals surface area contributed by atoms with Crippen LogP contribution in [0.5, 0.6) is 0 Å². The van der Waals surface area contributed by atoms with Crippen molar-refractivity contribution in [3.8, 4) is 0 Å². The highest BCUT2D eigenvalue weighted by Crippen LogP contribution is 2.30. The van der Waals surface area contributed by atoms with E-state index in [1.54, 1.807) is 11.3 Å². The molecular formula is C11H16ClNS. The van der Waals surface area contributed by atoms with Crippen LogP contribution in [-0.4, -0.2) is 6.04 Å². The van der Waals surface area contributed by atoms with Crippen molar-refractivity contribution in [1.29, 1.82) is 0 Å². The molecule has 3 heteroatoms. The third kappa shape index (κ3) is 2.72. The van der Waals surface area contributed by atoms with Crippen LogP contribution in [0.25, 0.3) is 0 Å². The van der Waals surface area contributed by atoms with E-state index in [0.29, 0.717) is 6.04 Å². The molecule has 1 aliphatic carbocycles. The Hall–Kier alpha value is -0.0500. The SMILES string of the molecule is NC1CCC(Cc2ccc(Cl)s2)CC1. The van der Waals surface area contributed by atoms with Gasteiger partial charge in [0.05, 0.1) is 4.34 Å². The molecule has 1 nitrogen and oxygen atoms in total. The maximum absolute atomic E-state index is 5.90. The molecule has 1 aromatic heterocycles. The van der Waals surface area contributed by atoms with Crippen molar-refractivity contribution >= 4 is 22.9 Å². The second kappa shape index (κ2) is 4.65. The van der Waals surface area contributed by atoms with Crippen LogP contribution in [-0.2, 0) is 6.42 Å². The third-order valence-electron chi connectivity index (χ3n) is 3.01. The first-order valence-corrected chi connectivity index (χ1v) is 6.43. The largest absolute Gasteiger partial charge is 0.328 e. The van der Waals surface area contributed by atoms with Gasteiger partial charge in [-0.1, -0.05) is 11.6 Å². The molecule has 0 unspecified atom stereocenters. The summed E-state index contributed by atoms with van der Waals surface area (Å²) in [4.78, 5) is 1.43. The topological polar surface area (TPSA) is 26.0 Å². The zero-order chi connectivity index (χ0) is 9.97. The molecule has 1 fully saturated rings. The van der Waals surface area contributed by atoms with Crippen molar-refractivity contribution in [2.75, 3.05) is 0 Å². The van der Waals surface area contributed by atoms with Crippen LogP contribution < -0.4 is 5.73 Å². The first-order valence-electron chi connectivity index (χ1n) is 5.24. The summed E-state index contributed by atoms with van der Waals surface area (Å²) >= 11 is 7.62. The summed E-state index contributed by atoms with van der Waals surface area (Å²) in [5, 5.41) is 0. The van der Waals surface area contributed by atoms with Gasteiger partial charge in [-0.25, -0.2) is 0 Å². The average molecular weight is 230 g/mol. The summed E-state index contributed by atoms with van der Waals surface area (Å²) in [6.45, 7) is 0. The highest BCUT2D eigenvalue weighted by molar-refractivity contribution is 7.16. The third-order valence-corrected chi connectivity index (χ3v) is 4.26. The summed E-state index contributed by atoms with van der Waals surface area (Å²) in [6.07, 6.45) is 6.17. The van der Waals surface area contributed by atoms with Gasteiger partial charge in [0.15, 0.2) is 0 Å². The van der Waals surface area contributed by atoms with Gasteiger partial charge in [-0.15, -0.1) is 11.3 Å². The number of rotatable bonds is 2. The van der Waals surface area contributed by atoms with Gasteiger partial charge < -0.3 is 5.73 Å². The second-order valence-corrected chi connectivity index (χ2v) is 5.99. The van der Waals surface area contributed by atoms with Crippen LogP contribution in [0.4, 0.5) is 0 Å². The molecule has 2 rings (SSSR count). The molecule has 1 heterocycles. The lowest BCUT2D eigenvalue weighted by atomic mass is 9.84. The molecule has 0 atom stereocenters. The fourth-order valence-corrected chi connectivity index (χ4v) is 3.34. The highest BCUT2D eigenvalue weighted by Gasteiger charge is 2.19. The minimum atomic E-state index is 0.457. The first kappa shape index (κ1) is 10.5. The zero-order valence-electron chi connectivity index (χ0n) is 8.21. The van der Waals surface area contributed by atoms with Gasteiger partial charge in [0.1, 0.15) is 0 Å². The Kier molecular flexibility index (Phi) is 3.47. The lowest BCUT2D eigenvalue weighted by Crippen LogP contribution is -2.27. The molecule has 0 bridgehead atoms. The number of halogens is 1. The van der Waals surface area contributed by atoms with Crippen molar-refractivity contribution in [2.45, 2.75) is 38.1 Å². The van der Waals surface area contributed by atoms with E-state index in [9.17, 15) is 0 Å². The summed E-state index contributed by atoms with van der Waals surface area (Å²) in [7, 11) is 0. The van der Waals surface area contributed by atoms with Gasteiger partial charge in [0.25, 0.3) is 0 Å². The van der Waals surface area contributed by atoms with Crippen LogP contribution in [0.2, 0.25) is 4.34 Å². The van der Waals surface area contributed by atoms with E-state index in [2.05, 4.69) is 6.07 Å². The Morgan fingerprint density at radius 2 is 2.00 bits per heavy atom. The molecule has 1 aromatic rings. The summed E-state index contributed by atoms with van der Waals surface area (Å²) in [6, 6.07) is 4.61. The Morgan fingerprint density at radius 3 is 2.57 bits per heavy atom. The maximum Gasteiger partial charge on any atom is 0.0931 e. The van der Waals surface area contributed by atoms with Crippen LogP contribution in [0.3, 0.4) is 0 Å². The van der Waals surface area contributed by atoms with E-state index in [1.807, 2.05) is 6.07 Å². The molecule has 2 N–H and O–H groups in total. The molecule has 1 saturated carbocycles. The normalized spacial score (nSPS) is 27.9. The Morgan fingerprint density at radius 1 is 1.29 bits per heavy atom. The molecule has 0 aromatic carbocycles. The lowest BCUT2D eigenvalue weighted by Gasteiger charge is -2.25. The summed E-state index contributed by atoms with van der Waals surface area (Å²) in [5.74, 6) is 0.838. The molecule has 0 amide bonds. The van der Waals surface area contributed by atoms with Crippen LogP contribution >= 0.6 is 22.9 Å². The van der Waals surface area contributed by atoms with Crippen molar-refractivity contribution in [3.05, 3.63) is 21.3 Å². The van der Waals surface area contributed by atoms with Gasteiger partial charge in [-0.05, 0) is 50.2 Å². The molecule has 0 radical (unpaired) electrons. The fourth-order valence-electron chi connectivity index (χ4n) is 2.14. The quantitative estimate of drug-likeness (QED) is 0.826. The van der Waals surface area contributed by atoms with Gasteiger partial charge in [0, 0.05) is 10.9 Å². The molecule has 0 aliphatic heterocycles. The second-order valence-electron chi connectivity index (χ2n) is 4.19. The molecular weight excluding hydrogens is 214 g/mol. The Balaban J connectivity index is 1.86. The first-order chi connectivity index (χ1) is 6.74. The predicted molar refractivity (Wildman–Crippen MR) is 63.0 cm³/mol. The van der Waals surface area contributed by atoms with Gasteiger partial charge >= 0.3 is 0 Å². The molecule has 0 spiro atoms. The van der Waals surface area contributed by atoms with E-state index in [1.165, 1.54) is 37.0 Å². The van der Waals surface area contributed by atoms with Crippen molar-refractivity contribution in [1.82, 2.24) is 0 Å². The average Bonchev–Trinajstić information content (AvgIpc) is 2.56. The van der Waals surface area contributed by atoms with E-state index >= 15 is 0 Å². The fraction of sp³-hybridized carbons (Fsp3) is 0.636. The van der Waals surface area contributed by atoms with E-state index in [-0.39, 0.29) is 0 Å². The molecule has 14 heavy (non-hydrogen) atoms. The van der Waals surface area contributed by atoms with Crippen LogP contribution in [0, 0.1) is 5.92 Å². The monoisotopic (exact) mass is 229 g/mol. The van der Waals surface area contributed by atoms with E-state index in [0.717, 1.165) is 10.3 Å². The zero-order valence-corrected chi connectivity index (χ0v) is 9.78. The van der Waals surface area contributed by atoms with Gasteiger partial charge in [-0.3, -0.25) is 0 Å². The summed E-state index contributed by atoms with van der Waals surface area (Å²) in [5.41, 5.74) is 5.88. The maximum atomic E-state index is 5.90. The van der Waals surface area contributed by atoms with Crippen molar-refractivity contribution < 1.29 is 0 Å². The number of nitrogens with two attached hydrogens (primary N) is 1. The highest BCUT2D eigenvalue weighted by atomic mass is 35.5. The van der Waals surface area contributed by atoms with Gasteiger partial charge in [-0.2, -0.15) is 0 Å².